The maximum absolute atomic E-state index is 13.0. The Balaban J connectivity index is 1.58. The average Bonchev–Trinajstić information content (AvgIpc) is 3.48. The second-order valence-corrected chi connectivity index (χ2v) is 8.97. The predicted octanol–water partition coefficient (Wildman–Crippen LogP) is 5.44. The van der Waals surface area contributed by atoms with E-state index in [1.165, 1.54) is 11.3 Å². The fourth-order valence-electron chi connectivity index (χ4n) is 3.22. The van der Waals surface area contributed by atoms with Gasteiger partial charge in [-0.3, -0.25) is 10.1 Å². The molecule has 0 aliphatic carbocycles. The van der Waals surface area contributed by atoms with Gasteiger partial charge in [-0.05, 0) is 56.9 Å². The van der Waals surface area contributed by atoms with E-state index in [1.54, 1.807) is 23.7 Å². The zero-order chi connectivity index (χ0) is 23.2. The van der Waals surface area contributed by atoms with Crippen LogP contribution >= 0.6 is 22.9 Å². The van der Waals surface area contributed by atoms with Crippen molar-refractivity contribution in [2.24, 2.45) is 0 Å². The first-order valence-corrected chi connectivity index (χ1v) is 11.7. The van der Waals surface area contributed by atoms with Crippen LogP contribution in [-0.4, -0.2) is 53.0 Å². The van der Waals surface area contributed by atoms with E-state index < -0.39 is 0 Å². The molecule has 0 radical (unpaired) electrons. The van der Waals surface area contributed by atoms with Gasteiger partial charge >= 0.3 is 0 Å². The highest BCUT2D eigenvalue weighted by atomic mass is 35.5. The molecule has 0 atom stereocenters. The number of thiazole rings is 1. The summed E-state index contributed by atoms with van der Waals surface area (Å²) in [6.45, 7) is 1.63. The number of halogens is 1. The minimum Gasteiger partial charge on any atom is -0.494 e. The lowest BCUT2D eigenvalue weighted by Gasteiger charge is -2.10. The van der Waals surface area contributed by atoms with Crippen molar-refractivity contribution in [2.75, 3.05) is 32.6 Å². The molecule has 2 N–H and O–H groups in total. The van der Waals surface area contributed by atoms with Crippen molar-refractivity contribution in [1.29, 1.82) is 0 Å². The number of ether oxygens (including phenoxy) is 1. The first kappa shape index (κ1) is 23.0. The molecule has 0 spiro atoms. The molecule has 2 aromatic carbocycles. The van der Waals surface area contributed by atoms with E-state index in [4.69, 9.17) is 16.3 Å². The summed E-state index contributed by atoms with van der Waals surface area (Å²) in [6, 6.07) is 14.9. The summed E-state index contributed by atoms with van der Waals surface area (Å²) in [6.07, 6.45) is 2.59. The summed E-state index contributed by atoms with van der Waals surface area (Å²) in [5.74, 6) is 1.05. The lowest BCUT2D eigenvalue weighted by molar-refractivity contribution is 0.102. The molecule has 4 rings (SSSR count). The molecular weight excluding hydrogens is 458 g/mol. The fourth-order valence-corrected chi connectivity index (χ4v) is 3.87. The zero-order valence-electron chi connectivity index (χ0n) is 18.3. The molecule has 2 aromatic heterocycles. The third kappa shape index (κ3) is 5.98. The van der Waals surface area contributed by atoms with E-state index in [0.717, 1.165) is 29.8 Å². The molecule has 0 unspecified atom stereocenters. The number of benzene rings is 2. The van der Waals surface area contributed by atoms with Crippen molar-refractivity contribution in [1.82, 2.24) is 19.9 Å². The fraction of sp³-hybridized carbons (Fsp3) is 0.208. The van der Waals surface area contributed by atoms with Gasteiger partial charge in [-0.2, -0.15) is 0 Å². The second-order valence-electron chi connectivity index (χ2n) is 7.64. The van der Waals surface area contributed by atoms with Crippen LogP contribution in [-0.2, 0) is 0 Å². The van der Waals surface area contributed by atoms with Gasteiger partial charge < -0.3 is 14.6 Å². The lowest BCUT2D eigenvalue weighted by Crippen LogP contribution is -2.15. The molecule has 1 amide bonds. The van der Waals surface area contributed by atoms with Gasteiger partial charge in [-0.25, -0.2) is 9.97 Å². The van der Waals surface area contributed by atoms with Gasteiger partial charge in [0.15, 0.2) is 10.8 Å². The Morgan fingerprint density at radius 3 is 2.52 bits per heavy atom. The Bertz CT molecular complexity index is 1190. The molecule has 0 aliphatic rings. The van der Waals surface area contributed by atoms with Crippen molar-refractivity contribution in [3.63, 3.8) is 0 Å². The number of imidazole rings is 1. The molecule has 0 aliphatic heterocycles. The number of rotatable bonds is 9. The molecule has 9 heteroatoms. The summed E-state index contributed by atoms with van der Waals surface area (Å²) in [5, 5.41) is 5.74. The normalized spacial score (nSPS) is 11.0. The van der Waals surface area contributed by atoms with Crippen LogP contribution < -0.4 is 10.1 Å². The Morgan fingerprint density at radius 1 is 1.12 bits per heavy atom. The van der Waals surface area contributed by atoms with Crippen molar-refractivity contribution in [3.05, 3.63) is 70.8 Å². The van der Waals surface area contributed by atoms with Crippen molar-refractivity contribution in [2.45, 2.75) is 6.42 Å². The smallest absolute Gasteiger partial charge is 0.278 e. The third-order valence-electron chi connectivity index (χ3n) is 4.85. The van der Waals surface area contributed by atoms with E-state index in [2.05, 4.69) is 25.2 Å². The number of carbonyl (C=O) groups excluding carboxylic acids is 1. The molecule has 0 bridgehead atoms. The predicted molar refractivity (Wildman–Crippen MR) is 133 cm³/mol. The third-order valence-corrected chi connectivity index (χ3v) is 5.79. The highest BCUT2D eigenvalue weighted by molar-refractivity contribution is 7.13. The van der Waals surface area contributed by atoms with Gasteiger partial charge in [0.25, 0.3) is 5.91 Å². The summed E-state index contributed by atoms with van der Waals surface area (Å²) in [7, 11) is 4.09. The summed E-state index contributed by atoms with van der Waals surface area (Å²) >= 11 is 7.40. The van der Waals surface area contributed by atoms with Crippen molar-refractivity contribution in [3.8, 4) is 28.4 Å². The first-order chi connectivity index (χ1) is 16.0. The minimum atomic E-state index is -0.335. The van der Waals surface area contributed by atoms with Gasteiger partial charge in [0, 0.05) is 34.3 Å². The van der Waals surface area contributed by atoms with Crippen LogP contribution in [0.25, 0.3) is 22.6 Å². The highest BCUT2D eigenvalue weighted by Crippen LogP contribution is 2.29. The Labute approximate surface area is 201 Å². The molecule has 0 saturated carbocycles. The molecule has 33 heavy (non-hydrogen) atoms. The maximum atomic E-state index is 13.0. The molecule has 0 fully saturated rings. The van der Waals surface area contributed by atoms with Crippen molar-refractivity contribution >= 4 is 34.0 Å². The number of aromatic amines is 1. The zero-order valence-corrected chi connectivity index (χ0v) is 19.9. The van der Waals surface area contributed by atoms with Crippen LogP contribution in [0.15, 0.2) is 60.1 Å². The molecule has 4 aromatic rings. The Morgan fingerprint density at radius 2 is 1.85 bits per heavy atom. The van der Waals surface area contributed by atoms with Crippen LogP contribution in [0.4, 0.5) is 5.13 Å². The number of aromatic nitrogens is 3. The number of amides is 1. The van der Waals surface area contributed by atoms with E-state index in [-0.39, 0.29) is 11.6 Å². The van der Waals surface area contributed by atoms with E-state index in [1.807, 2.05) is 50.5 Å². The number of anilines is 1. The van der Waals surface area contributed by atoms with Crippen LogP contribution in [0, 0.1) is 0 Å². The standard InChI is InChI=1S/C24H24ClN5O2S/c1-30(2)13-3-14-32-19-10-6-17(7-11-19)22-27-20(16-4-8-18(25)9-5-16)21(28-22)23(31)29-24-26-12-15-33-24/h4-12,15H,3,13-14H2,1-2H3,(H,27,28)(H,26,29,31). The molecule has 2 heterocycles. The number of hydrogen-bond donors (Lipinski definition) is 2. The number of hydrogen-bond acceptors (Lipinski definition) is 6. The van der Waals surface area contributed by atoms with Gasteiger partial charge in [0.2, 0.25) is 0 Å². The number of nitrogens with zero attached hydrogens (tertiary/aromatic N) is 3. The molecule has 7 nitrogen and oxygen atoms in total. The number of nitrogens with one attached hydrogen (secondary N) is 2. The molecule has 0 saturated heterocycles. The van der Waals surface area contributed by atoms with Crippen LogP contribution in [0.3, 0.4) is 0 Å². The topological polar surface area (TPSA) is 83.1 Å². The van der Waals surface area contributed by atoms with Crippen LogP contribution in [0.5, 0.6) is 5.75 Å². The number of H-pyrrole nitrogens is 1. The van der Waals surface area contributed by atoms with E-state index >= 15 is 0 Å². The van der Waals surface area contributed by atoms with Gasteiger partial charge in [0.1, 0.15) is 11.6 Å². The largest absolute Gasteiger partial charge is 0.494 e. The van der Waals surface area contributed by atoms with Crippen molar-refractivity contribution < 1.29 is 9.53 Å². The SMILES string of the molecule is CN(C)CCCOc1ccc(-c2nc(C(=O)Nc3nccs3)c(-c3ccc(Cl)cc3)[nH]2)cc1. The van der Waals surface area contributed by atoms with Gasteiger partial charge in [0.05, 0.1) is 12.3 Å². The van der Waals surface area contributed by atoms with E-state index in [9.17, 15) is 4.79 Å². The molecule has 170 valence electrons. The Hall–Kier alpha value is -3.20. The minimum absolute atomic E-state index is 0.284. The van der Waals surface area contributed by atoms with Crippen LogP contribution in [0.2, 0.25) is 5.02 Å². The summed E-state index contributed by atoms with van der Waals surface area (Å²) in [4.78, 5) is 27.2. The van der Waals surface area contributed by atoms with E-state index in [0.29, 0.717) is 28.3 Å². The summed E-state index contributed by atoms with van der Waals surface area (Å²) in [5.41, 5.74) is 2.55. The monoisotopic (exact) mass is 481 g/mol. The number of carbonyl (C=O) groups is 1. The first-order valence-electron chi connectivity index (χ1n) is 10.4. The Kier molecular flexibility index (Phi) is 7.39. The molecular formula is C24H24ClN5O2S. The maximum Gasteiger partial charge on any atom is 0.278 e. The van der Waals surface area contributed by atoms with Gasteiger partial charge in [-0.1, -0.05) is 23.7 Å². The summed E-state index contributed by atoms with van der Waals surface area (Å²) < 4.78 is 5.81. The van der Waals surface area contributed by atoms with Crippen LogP contribution in [0.1, 0.15) is 16.9 Å². The second kappa shape index (κ2) is 10.6. The highest BCUT2D eigenvalue weighted by Gasteiger charge is 2.20. The average molecular weight is 482 g/mol. The lowest BCUT2D eigenvalue weighted by atomic mass is 10.1. The quantitative estimate of drug-likeness (QED) is 0.311. The van der Waals surface area contributed by atoms with Gasteiger partial charge in [-0.15, -0.1) is 11.3 Å².